The van der Waals surface area contributed by atoms with Gasteiger partial charge in [0.1, 0.15) is 10.6 Å². The van der Waals surface area contributed by atoms with E-state index in [1.54, 1.807) is 0 Å². The highest BCUT2D eigenvalue weighted by Gasteiger charge is 2.30. The molecule has 1 aliphatic rings. The molecule has 0 bridgehead atoms. The molecule has 4 rings (SSSR count). The molecule has 0 atom stereocenters. The molecule has 1 heterocycles. The van der Waals surface area contributed by atoms with E-state index in [9.17, 15) is 13.2 Å². The highest BCUT2D eigenvalue weighted by Crippen LogP contribution is 2.28. The van der Waals surface area contributed by atoms with Crippen molar-refractivity contribution in [3.63, 3.8) is 0 Å². The van der Waals surface area contributed by atoms with Gasteiger partial charge in [-0.1, -0.05) is 18.2 Å². The Morgan fingerprint density at radius 3 is 2.58 bits per heavy atom. The average molecular weight is 471 g/mol. The van der Waals surface area contributed by atoms with Gasteiger partial charge in [0.05, 0.1) is 12.7 Å². The zero-order valence-corrected chi connectivity index (χ0v) is 18.5. The third-order valence-electron chi connectivity index (χ3n) is 4.65. The molecule has 172 valence electrons. The maximum Gasteiger partial charge on any atom is 0.338 e. The number of hydrogen-bond acceptors (Lipinski definition) is 10. The van der Waals surface area contributed by atoms with Gasteiger partial charge >= 0.3 is 5.97 Å². The number of methoxy groups -OCH3 is 1. The molecule has 1 fully saturated rings. The summed E-state index contributed by atoms with van der Waals surface area (Å²) in [6.45, 7) is -0.288. The minimum absolute atomic E-state index is 0.0386. The van der Waals surface area contributed by atoms with Gasteiger partial charge in [-0.2, -0.15) is 15.0 Å². The Labute approximate surface area is 190 Å². The lowest BCUT2D eigenvalue weighted by Crippen LogP contribution is -2.26. The SMILES string of the molecule is COc1ccc(C(=O)OCc2nc(N)nc(Nc3ccccc3)n2)cc1S(=O)(=O)NC1CC1. The number of ether oxygens (including phenoxy) is 2. The third kappa shape index (κ3) is 5.73. The molecule has 1 aromatic heterocycles. The van der Waals surface area contributed by atoms with Gasteiger partial charge in [0.2, 0.25) is 21.9 Å². The predicted molar refractivity (Wildman–Crippen MR) is 119 cm³/mol. The standard InChI is InChI=1S/C21H22N6O5S/c1-31-16-10-7-13(11-17(16)33(29,30)27-15-8-9-15)19(28)32-12-18-24-20(22)26-21(25-18)23-14-5-3-2-4-6-14/h2-7,10-11,15,27H,8-9,12H2,1H3,(H3,22,23,24,25,26). The number of anilines is 3. The molecule has 12 heteroatoms. The number of nitrogens with two attached hydrogens (primary N) is 1. The number of esters is 1. The van der Waals surface area contributed by atoms with E-state index >= 15 is 0 Å². The maximum absolute atomic E-state index is 12.7. The van der Waals surface area contributed by atoms with Gasteiger partial charge in [-0.3, -0.25) is 0 Å². The van der Waals surface area contributed by atoms with Gasteiger partial charge < -0.3 is 20.5 Å². The van der Waals surface area contributed by atoms with Gasteiger partial charge in [0, 0.05) is 11.7 Å². The minimum atomic E-state index is -3.84. The molecular weight excluding hydrogens is 448 g/mol. The van der Waals surface area contributed by atoms with E-state index in [0.29, 0.717) is 0 Å². The van der Waals surface area contributed by atoms with Crippen molar-refractivity contribution in [2.75, 3.05) is 18.2 Å². The Balaban J connectivity index is 1.48. The largest absolute Gasteiger partial charge is 0.495 e. The summed E-state index contributed by atoms with van der Waals surface area (Å²) in [5.41, 5.74) is 6.53. The first-order valence-electron chi connectivity index (χ1n) is 10.0. The van der Waals surface area contributed by atoms with Gasteiger partial charge in [-0.05, 0) is 43.2 Å². The lowest BCUT2D eigenvalue weighted by molar-refractivity contribution is 0.0462. The summed E-state index contributed by atoms with van der Waals surface area (Å²) < 4.78 is 38.3. The van der Waals surface area contributed by atoms with E-state index in [4.69, 9.17) is 15.2 Å². The molecule has 0 amide bonds. The first-order chi connectivity index (χ1) is 15.8. The Bertz CT molecular complexity index is 1270. The Morgan fingerprint density at radius 1 is 1.12 bits per heavy atom. The van der Waals surface area contributed by atoms with Gasteiger partial charge in [0.25, 0.3) is 0 Å². The van der Waals surface area contributed by atoms with Crippen molar-refractivity contribution < 1.29 is 22.7 Å². The second-order valence-electron chi connectivity index (χ2n) is 7.26. The summed E-state index contributed by atoms with van der Waals surface area (Å²) in [7, 11) is -2.49. The van der Waals surface area contributed by atoms with Crippen molar-refractivity contribution in [3.8, 4) is 5.75 Å². The van der Waals surface area contributed by atoms with E-state index in [-0.39, 0.29) is 46.6 Å². The van der Waals surface area contributed by atoms with Crippen LogP contribution in [0.3, 0.4) is 0 Å². The number of carbonyl (C=O) groups excluding carboxylic acids is 1. The highest BCUT2D eigenvalue weighted by molar-refractivity contribution is 7.89. The van der Waals surface area contributed by atoms with Crippen molar-refractivity contribution in [1.29, 1.82) is 0 Å². The predicted octanol–water partition coefficient (Wildman–Crippen LogP) is 2.00. The average Bonchev–Trinajstić information content (AvgIpc) is 3.60. The fraction of sp³-hybridized carbons (Fsp3) is 0.238. The molecule has 0 saturated heterocycles. The molecule has 1 saturated carbocycles. The molecule has 33 heavy (non-hydrogen) atoms. The zero-order valence-electron chi connectivity index (χ0n) is 17.7. The van der Waals surface area contributed by atoms with Crippen molar-refractivity contribution in [2.45, 2.75) is 30.4 Å². The molecule has 3 aromatic rings. The zero-order chi connectivity index (χ0) is 23.4. The first-order valence-corrected chi connectivity index (χ1v) is 11.5. The van der Waals surface area contributed by atoms with Crippen LogP contribution in [0.1, 0.15) is 29.0 Å². The van der Waals surface area contributed by atoms with E-state index < -0.39 is 16.0 Å². The third-order valence-corrected chi connectivity index (χ3v) is 6.19. The topological polar surface area (TPSA) is 158 Å². The Kier molecular flexibility index (Phi) is 6.38. The normalized spacial score (nSPS) is 13.4. The molecule has 11 nitrogen and oxygen atoms in total. The smallest absolute Gasteiger partial charge is 0.338 e. The maximum atomic E-state index is 12.7. The van der Waals surface area contributed by atoms with Crippen molar-refractivity contribution in [1.82, 2.24) is 19.7 Å². The van der Waals surface area contributed by atoms with E-state index in [1.165, 1.54) is 25.3 Å². The summed E-state index contributed by atoms with van der Waals surface area (Å²) in [5.74, 6) is -0.341. The summed E-state index contributed by atoms with van der Waals surface area (Å²) in [4.78, 5) is 24.7. The van der Waals surface area contributed by atoms with E-state index in [2.05, 4.69) is 25.0 Å². The van der Waals surface area contributed by atoms with Crippen LogP contribution in [0, 0.1) is 0 Å². The van der Waals surface area contributed by atoms with Crippen LogP contribution >= 0.6 is 0 Å². The summed E-state index contributed by atoms with van der Waals surface area (Å²) in [5, 5.41) is 2.99. The molecular formula is C21H22N6O5S. The molecule has 0 radical (unpaired) electrons. The number of aromatic nitrogens is 3. The number of nitrogens with zero attached hydrogens (tertiary/aromatic N) is 3. The van der Waals surface area contributed by atoms with Crippen molar-refractivity contribution >= 4 is 33.6 Å². The minimum Gasteiger partial charge on any atom is -0.495 e. The number of nitrogen functional groups attached to an aromatic ring is 1. The van der Waals surface area contributed by atoms with Crippen LogP contribution < -0.4 is 20.5 Å². The second-order valence-corrected chi connectivity index (χ2v) is 8.94. The number of para-hydroxylation sites is 1. The van der Waals surface area contributed by atoms with Crippen LogP contribution in [-0.2, 0) is 21.4 Å². The number of benzene rings is 2. The number of sulfonamides is 1. The van der Waals surface area contributed by atoms with Crippen LogP contribution in [0.25, 0.3) is 0 Å². The Morgan fingerprint density at radius 2 is 1.88 bits per heavy atom. The fourth-order valence-corrected chi connectivity index (χ4v) is 4.42. The summed E-state index contributed by atoms with van der Waals surface area (Å²) in [6, 6.07) is 13.2. The number of rotatable bonds is 9. The van der Waals surface area contributed by atoms with E-state index in [1.807, 2.05) is 30.3 Å². The van der Waals surface area contributed by atoms with Crippen molar-refractivity contribution in [2.24, 2.45) is 0 Å². The number of nitrogens with one attached hydrogen (secondary N) is 2. The van der Waals surface area contributed by atoms with Gasteiger partial charge in [0.15, 0.2) is 12.4 Å². The molecule has 2 aromatic carbocycles. The quantitative estimate of drug-likeness (QED) is 0.395. The lowest BCUT2D eigenvalue weighted by Gasteiger charge is -2.12. The second kappa shape index (κ2) is 9.38. The molecule has 1 aliphatic carbocycles. The highest BCUT2D eigenvalue weighted by atomic mass is 32.2. The van der Waals surface area contributed by atoms with E-state index in [0.717, 1.165) is 18.5 Å². The van der Waals surface area contributed by atoms with Gasteiger partial charge in [-0.25, -0.2) is 17.9 Å². The van der Waals surface area contributed by atoms with Crippen molar-refractivity contribution in [3.05, 3.63) is 59.9 Å². The van der Waals surface area contributed by atoms with Crippen LogP contribution in [-0.4, -0.2) is 42.5 Å². The van der Waals surface area contributed by atoms with Gasteiger partial charge in [-0.15, -0.1) is 0 Å². The first kappa shape index (κ1) is 22.4. The van der Waals surface area contributed by atoms with Crippen LogP contribution in [0.4, 0.5) is 17.6 Å². The number of carbonyl (C=O) groups is 1. The summed E-state index contributed by atoms with van der Waals surface area (Å²) >= 11 is 0. The lowest BCUT2D eigenvalue weighted by atomic mass is 10.2. The van der Waals surface area contributed by atoms with Crippen LogP contribution in [0.15, 0.2) is 53.4 Å². The fourth-order valence-electron chi connectivity index (χ4n) is 2.92. The summed E-state index contributed by atoms with van der Waals surface area (Å²) in [6.07, 6.45) is 1.55. The van der Waals surface area contributed by atoms with Crippen LogP contribution in [0.5, 0.6) is 5.75 Å². The Hall–Kier alpha value is -3.77. The molecule has 0 unspecified atom stereocenters. The monoisotopic (exact) mass is 470 g/mol. The number of hydrogen-bond donors (Lipinski definition) is 3. The van der Waals surface area contributed by atoms with Crippen LogP contribution in [0.2, 0.25) is 0 Å². The molecule has 0 spiro atoms. The molecule has 4 N–H and O–H groups in total. The molecule has 0 aliphatic heterocycles.